The Morgan fingerprint density at radius 3 is 2.59 bits per heavy atom. The molecule has 1 saturated carbocycles. The summed E-state index contributed by atoms with van der Waals surface area (Å²) in [4.78, 5) is 13.4. The number of benzene rings is 1. The van der Waals surface area contributed by atoms with Crippen molar-refractivity contribution in [3.8, 4) is 0 Å². The Kier molecular flexibility index (Phi) is 5.93. The number of hydrogen-bond acceptors (Lipinski definition) is 6. The number of nitrogen functional groups attached to an aromatic ring is 1. The van der Waals surface area contributed by atoms with Crippen LogP contribution in [-0.4, -0.2) is 34.9 Å². The van der Waals surface area contributed by atoms with Crippen LogP contribution < -0.4 is 21.7 Å². The van der Waals surface area contributed by atoms with Gasteiger partial charge in [0.2, 0.25) is 0 Å². The number of nitrogens with zero attached hydrogens (tertiary/aromatic N) is 3. The second-order valence-corrected chi connectivity index (χ2v) is 8.51. The third kappa shape index (κ3) is 4.60. The van der Waals surface area contributed by atoms with Gasteiger partial charge in [-0.1, -0.05) is 12.6 Å². The summed E-state index contributed by atoms with van der Waals surface area (Å²) >= 11 is 0. The highest BCUT2D eigenvalue weighted by molar-refractivity contribution is 6.08. The van der Waals surface area contributed by atoms with Crippen LogP contribution in [0.1, 0.15) is 35.4 Å². The summed E-state index contributed by atoms with van der Waals surface area (Å²) in [6, 6.07) is 7.24. The van der Waals surface area contributed by atoms with Gasteiger partial charge in [-0.05, 0) is 48.6 Å². The monoisotopic (exact) mass is 461 g/mol. The van der Waals surface area contributed by atoms with Crippen molar-refractivity contribution in [3.05, 3.63) is 83.8 Å². The summed E-state index contributed by atoms with van der Waals surface area (Å²) in [6.07, 6.45) is 7.25. The number of pyridine rings is 2. The molecule has 0 amide bonds. The largest absolute Gasteiger partial charge is 0.397 e. The summed E-state index contributed by atoms with van der Waals surface area (Å²) < 4.78 is 28.1. The van der Waals surface area contributed by atoms with E-state index in [-0.39, 0.29) is 17.5 Å². The summed E-state index contributed by atoms with van der Waals surface area (Å²) in [6.45, 7) is 5.76. The van der Waals surface area contributed by atoms with Crippen LogP contribution in [0.4, 0.5) is 26.0 Å². The van der Waals surface area contributed by atoms with E-state index in [4.69, 9.17) is 10.7 Å². The lowest BCUT2D eigenvalue weighted by molar-refractivity contribution is 0.447. The molecule has 34 heavy (non-hydrogen) atoms. The van der Waals surface area contributed by atoms with Gasteiger partial charge in [-0.15, -0.1) is 0 Å². The van der Waals surface area contributed by atoms with Crippen molar-refractivity contribution in [1.82, 2.24) is 20.6 Å². The molecule has 0 unspecified atom stereocenters. The van der Waals surface area contributed by atoms with Gasteiger partial charge in [-0.3, -0.25) is 9.98 Å². The molecule has 0 spiro atoms. The number of nitrogens with one attached hydrogen (secondary N) is 3. The van der Waals surface area contributed by atoms with Crippen LogP contribution in [0.3, 0.4) is 0 Å². The number of anilines is 3. The Balaban J connectivity index is 1.43. The average Bonchev–Trinajstić information content (AvgIpc) is 3.63. The van der Waals surface area contributed by atoms with E-state index in [1.165, 1.54) is 18.2 Å². The number of amidine groups is 1. The molecule has 0 atom stereocenters. The van der Waals surface area contributed by atoms with E-state index in [1.54, 1.807) is 24.5 Å². The summed E-state index contributed by atoms with van der Waals surface area (Å²) in [5, 5.41) is 9.29. The van der Waals surface area contributed by atoms with Crippen LogP contribution in [-0.2, 0) is 0 Å². The Morgan fingerprint density at radius 1 is 1.15 bits per heavy atom. The molecule has 3 aromatic rings. The van der Waals surface area contributed by atoms with Crippen LogP contribution in [0.2, 0.25) is 0 Å². The molecule has 9 heteroatoms. The lowest BCUT2D eigenvalue weighted by Gasteiger charge is -2.26. The first-order valence-electron chi connectivity index (χ1n) is 11.1. The topological polar surface area (TPSA) is 100 Å². The Morgan fingerprint density at radius 2 is 1.91 bits per heavy atom. The van der Waals surface area contributed by atoms with E-state index in [0.29, 0.717) is 28.7 Å². The predicted octanol–water partition coefficient (Wildman–Crippen LogP) is 3.94. The van der Waals surface area contributed by atoms with Gasteiger partial charge < -0.3 is 21.7 Å². The zero-order chi connectivity index (χ0) is 23.7. The smallest absolute Gasteiger partial charge is 0.149 e. The maximum atomic E-state index is 14.1. The molecule has 0 radical (unpaired) electrons. The van der Waals surface area contributed by atoms with Crippen LogP contribution in [0.25, 0.3) is 5.70 Å². The van der Waals surface area contributed by atoms with Crippen molar-refractivity contribution in [1.29, 1.82) is 0 Å². The standard InChI is InChI=1S/C25H25F2N7/c1-14(16-7-8-31-22(9-16)34-24-19(26)3-2-4-20(24)27)32-25(33-17-10-29-11-17)23-18(15-5-6-15)12-30-13-21(23)28/h2-4,7-9,12-13,15,17,29H,1,5-6,10-11,28H2,(H,31,34)(H,32,33). The molecular formula is C25H25F2N7. The van der Waals surface area contributed by atoms with Gasteiger partial charge in [0.15, 0.2) is 0 Å². The van der Waals surface area contributed by atoms with Crippen molar-refractivity contribution in [2.45, 2.75) is 24.8 Å². The zero-order valence-corrected chi connectivity index (χ0v) is 18.5. The lowest BCUT2D eigenvalue weighted by Crippen LogP contribution is -2.47. The summed E-state index contributed by atoms with van der Waals surface area (Å²) in [7, 11) is 0. The number of hydrogen-bond donors (Lipinski definition) is 4. The molecule has 1 saturated heterocycles. The molecule has 3 heterocycles. The first kappa shape index (κ1) is 22.0. The summed E-state index contributed by atoms with van der Waals surface area (Å²) in [5.74, 6) is -0.0435. The first-order valence-corrected chi connectivity index (χ1v) is 11.1. The number of nitrogens with two attached hydrogens (primary N) is 1. The number of aliphatic imine (C=N–C) groups is 1. The zero-order valence-electron chi connectivity index (χ0n) is 18.5. The van der Waals surface area contributed by atoms with Crippen LogP contribution in [0.5, 0.6) is 0 Å². The maximum Gasteiger partial charge on any atom is 0.149 e. The SMILES string of the molecule is C=C(NC(=NC1CNC1)c1c(N)cncc1C1CC1)c1ccnc(Nc2c(F)cccc2F)c1. The van der Waals surface area contributed by atoms with Gasteiger partial charge in [0, 0.05) is 42.3 Å². The molecule has 2 aliphatic rings. The van der Waals surface area contributed by atoms with Crippen molar-refractivity contribution in [3.63, 3.8) is 0 Å². The van der Waals surface area contributed by atoms with Crippen LogP contribution >= 0.6 is 0 Å². The van der Waals surface area contributed by atoms with Gasteiger partial charge >= 0.3 is 0 Å². The third-order valence-electron chi connectivity index (χ3n) is 5.92. The molecule has 5 N–H and O–H groups in total. The molecule has 174 valence electrons. The first-order chi connectivity index (χ1) is 16.5. The fourth-order valence-electron chi connectivity index (χ4n) is 3.82. The van der Waals surface area contributed by atoms with E-state index in [9.17, 15) is 8.78 Å². The van der Waals surface area contributed by atoms with Crippen LogP contribution in [0, 0.1) is 11.6 Å². The Hall–Kier alpha value is -3.85. The van der Waals surface area contributed by atoms with E-state index < -0.39 is 11.6 Å². The van der Waals surface area contributed by atoms with Gasteiger partial charge in [0.1, 0.15) is 29.0 Å². The number of halogens is 2. The van der Waals surface area contributed by atoms with E-state index in [2.05, 4.69) is 32.5 Å². The molecule has 2 aromatic heterocycles. The minimum Gasteiger partial charge on any atom is -0.397 e. The number of aromatic nitrogens is 2. The average molecular weight is 462 g/mol. The molecular weight excluding hydrogens is 436 g/mol. The van der Waals surface area contributed by atoms with Gasteiger partial charge in [-0.2, -0.15) is 0 Å². The quantitative estimate of drug-likeness (QED) is 0.314. The number of rotatable bonds is 7. The second-order valence-electron chi connectivity index (χ2n) is 8.51. The predicted molar refractivity (Wildman–Crippen MR) is 130 cm³/mol. The van der Waals surface area contributed by atoms with Crippen LogP contribution in [0.15, 0.2) is 60.5 Å². The normalized spacial score (nSPS) is 16.1. The summed E-state index contributed by atoms with van der Waals surface area (Å²) in [5.41, 5.74) is 9.84. The lowest BCUT2D eigenvalue weighted by atomic mass is 10.0. The fraction of sp³-hybridized carbons (Fsp3) is 0.240. The van der Waals surface area contributed by atoms with Crippen molar-refractivity contribution in [2.24, 2.45) is 4.99 Å². The van der Waals surface area contributed by atoms with E-state index >= 15 is 0 Å². The Labute approximate surface area is 196 Å². The second kappa shape index (κ2) is 9.18. The van der Waals surface area contributed by atoms with Crippen molar-refractivity contribution in [2.75, 3.05) is 24.1 Å². The highest BCUT2D eigenvalue weighted by atomic mass is 19.1. The minimum atomic E-state index is -0.701. The highest BCUT2D eigenvalue weighted by Crippen LogP contribution is 2.42. The van der Waals surface area contributed by atoms with Gasteiger partial charge in [0.25, 0.3) is 0 Å². The third-order valence-corrected chi connectivity index (χ3v) is 5.92. The minimum absolute atomic E-state index is 0.133. The molecule has 0 bridgehead atoms. The maximum absolute atomic E-state index is 14.1. The highest BCUT2D eigenvalue weighted by Gasteiger charge is 2.30. The van der Waals surface area contributed by atoms with Gasteiger partial charge in [-0.25, -0.2) is 13.8 Å². The molecule has 2 fully saturated rings. The molecule has 5 rings (SSSR count). The molecule has 1 aliphatic heterocycles. The van der Waals surface area contributed by atoms with E-state index in [0.717, 1.165) is 37.1 Å². The molecule has 1 aromatic carbocycles. The van der Waals surface area contributed by atoms with E-state index in [1.807, 2.05) is 6.20 Å². The van der Waals surface area contributed by atoms with Crippen molar-refractivity contribution >= 4 is 28.7 Å². The van der Waals surface area contributed by atoms with Crippen molar-refractivity contribution < 1.29 is 8.78 Å². The number of para-hydroxylation sites is 1. The molecule has 1 aliphatic carbocycles. The Bertz CT molecular complexity index is 1250. The fourth-order valence-corrected chi connectivity index (χ4v) is 3.82. The van der Waals surface area contributed by atoms with Gasteiger partial charge in [0.05, 0.1) is 17.9 Å². The molecule has 7 nitrogen and oxygen atoms in total.